The molecule has 0 bridgehead atoms. The molecule has 20 heavy (non-hydrogen) atoms. The van der Waals surface area contributed by atoms with Crippen LogP contribution in [0.4, 0.5) is 0 Å². The predicted octanol–water partition coefficient (Wildman–Crippen LogP) is 3.53. The van der Waals surface area contributed by atoms with E-state index in [0.29, 0.717) is 25.3 Å². The highest BCUT2D eigenvalue weighted by atomic mass is 79.9. The van der Waals surface area contributed by atoms with Gasteiger partial charge < -0.3 is 10.0 Å². The lowest BCUT2D eigenvalue weighted by Gasteiger charge is -2.40. The Bertz CT molecular complexity index is 514. The summed E-state index contributed by atoms with van der Waals surface area (Å²) in [4.78, 5) is 26.4. The Morgan fingerprint density at radius 1 is 1.60 bits per heavy atom. The predicted molar refractivity (Wildman–Crippen MR) is 81.7 cm³/mol. The van der Waals surface area contributed by atoms with Crippen LogP contribution in [0.5, 0.6) is 0 Å². The van der Waals surface area contributed by atoms with Crippen molar-refractivity contribution in [3.8, 4) is 0 Å². The van der Waals surface area contributed by atoms with Gasteiger partial charge in [0.2, 0.25) is 5.91 Å². The summed E-state index contributed by atoms with van der Waals surface area (Å²) in [6.45, 7) is 4.68. The summed E-state index contributed by atoms with van der Waals surface area (Å²) in [5.41, 5.74) is 0. The third-order valence-corrected chi connectivity index (χ3v) is 5.23. The second-order valence-corrected chi connectivity index (χ2v) is 7.39. The van der Waals surface area contributed by atoms with Crippen molar-refractivity contribution in [3.05, 3.63) is 20.8 Å². The lowest BCUT2D eigenvalue weighted by atomic mass is 9.87. The molecule has 1 aromatic rings. The van der Waals surface area contributed by atoms with Crippen LogP contribution in [0.25, 0.3) is 0 Å². The molecule has 0 aliphatic carbocycles. The highest BCUT2D eigenvalue weighted by Crippen LogP contribution is 2.40. The minimum absolute atomic E-state index is 0.0609. The number of piperidine rings is 1. The van der Waals surface area contributed by atoms with E-state index >= 15 is 0 Å². The van der Waals surface area contributed by atoms with Crippen LogP contribution in [-0.2, 0) is 9.59 Å². The highest BCUT2D eigenvalue weighted by molar-refractivity contribution is 9.10. The molecule has 2 atom stereocenters. The number of amides is 1. The van der Waals surface area contributed by atoms with E-state index in [9.17, 15) is 14.7 Å². The van der Waals surface area contributed by atoms with E-state index in [0.717, 1.165) is 9.35 Å². The average molecular weight is 360 g/mol. The van der Waals surface area contributed by atoms with Crippen molar-refractivity contribution in [1.82, 2.24) is 4.90 Å². The fourth-order valence-corrected chi connectivity index (χ4v) is 4.28. The summed E-state index contributed by atoms with van der Waals surface area (Å²) >= 11 is 4.91. The molecule has 1 N–H and O–H groups in total. The monoisotopic (exact) mass is 359 g/mol. The summed E-state index contributed by atoms with van der Waals surface area (Å²) in [6, 6.07) is 1.59. The maximum absolute atomic E-state index is 12.2. The molecule has 1 aromatic heterocycles. The minimum atomic E-state index is -0.819. The standard InChI is InChI=1S/C14H18BrNO3S/c1-8(2)6-16-12(17)4-3-10(14(18)19)13(16)11-5-9(15)7-20-11/h5,7-8,10,13H,3-4,6H2,1-2H3,(H,18,19). The first-order chi connectivity index (χ1) is 9.40. The summed E-state index contributed by atoms with van der Waals surface area (Å²) in [5, 5.41) is 11.4. The fraction of sp³-hybridized carbons (Fsp3) is 0.571. The molecule has 6 heteroatoms. The van der Waals surface area contributed by atoms with E-state index in [-0.39, 0.29) is 11.9 Å². The van der Waals surface area contributed by atoms with Gasteiger partial charge in [0.05, 0.1) is 12.0 Å². The number of hydrogen-bond donors (Lipinski definition) is 1. The number of carboxylic acids is 1. The first kappa shape index (κ1) is 15.5. The van der Waals surface area contributed by atoms with Crippen LogP contribution in [0.2, 0.25) is 0 Å². The second kappa shape index (κ2) is 6.26. The number of carbonyl (C=O) groups excluding carboxylic acids is 1. The Morgan fingerprint density at radius 2 is 2.30 bits per heavy atom. The number of carbonyl (C=O) groups is 2. The molecule has 0 radical (unpaired) electrons. The van der Waals surface area contributed by atoms with Gasteiger partial charge in [-0.1, -0.05) is 13.8 Å². The Labute approximate surface area is 130 Å². The number of thiophene rings is 1. The van der Waals surface area contributed by atoms with Crippen molar-refractivity contribution in [2.75, 3.05) is 6.54 Å². The number of hydrogen-bond acceptors (Lipinski definition) is 3. The zero-order chi connectivity index (χ0) is 14.9. The van der Waals surface area contributed by atoms with Gasteiger partial charge in [-0.3, -0.25) is 9.59 Å². The lowest BCUT2D eigenvalue weighted by Crippen LogP contribution is -2.46. The Balaban J connectivity index is 2.38. The van der Waals surface area contributed by atoms with Crippen LogP contribution in [0.3, 0.4) is 0 Å². The van der Waals surface area contributed by atoms with Gasteiger partial charge in [0, 0.05) is 27.7 Å². The van der Waals surface area contributed by atoms with E-state index in [2.05, 4.69) is 15.9 Å². The average Bonchev–Trinajstić information content (AvgIpc) is 2.77. The van der Waals surface area contributed by atoms with Crippen molar-refractivity contribution >= 4 is 39.1 Å². The third-order valence-electron chi connectivity index (χ3n) is 3.46. The third kappa shape index (κ3) is 3.23. The Hall–Kier alpha value is -0.880. The Kier molecular flexibility index (Phi) is 4.86. The molecular formula is C14H18BrNO3S. The molecule has 110 valence electrons. The first-order valence-electron chi connectivity index (χ1n) is 6.66. The highest BCUT2D eigenvalue weighted by Gasteiger charge is 2.41. The summed E-state index contributed by atoms with van der Waals surface area (Å²) in [7, 11) is 0. The molecule has 1 aliphatic rings. The van der Waals surface area contributed by atoms with Crippen molar-refractivity contribution in [3.63, 3.8) is 0 Å². The molecule has 2 unspecified atom stereocenters. The molecule has 4 nitrogen and oxygen atoms in total. The number of carboxylic acid groups (broad SMARTS) is 1. The van der Waals surface area contributed by atoms with Crippen LogP contribution in [0.15, 0.2) is 15.9 Å². The van der Waals surface area contributed by atoms with E-state index in [1.807, 2.05) is 25.3 Å². The van der Waals surface area contributed by atoms with Gasteiger partial charge in [0.1, 0.15) is 0 Å². The van der Waals surface area contributed by atoms with Crippen LogP contribution in [-0.4, -0.2) is 28.4 Å². The molecule has 1 fully saturated rings. The number of rotatable bonds is 4. The van der Waals surface area contributed by atoms with Gasteiger partial charge in [0.15, 0.2) is 0 Å². The summed E-state index contributed by atoms with van der Waals surface area (Å²) < 4.78 is 0.934. The lowest BCUT2D eigenvalue weighted by molar-refractivity contribution is -0.152. The van der Waals surface area contributed by atoms with Crippen molar-refractivity contribution in [2.45, 2.75) is 32.7 Å². The molecule has 0 aromatic carbocycles. The van der Waals surface area contributed by atoms with E-state index in [1.165, 1.54) is 11.3 Å². The van der Waals surface area contributed by atoms with E-state index in [1.54, 1.807) is 4.90 Å². The van der Waals surface area contributed by atoms with E-state index < -0.39 is 11.9 Å². The topological polar surface area (TPSA) is 57.6 Å². The quantitative estimate of drug-likeness (QED) is 0.894. The van der Waals surface area contributed by atoms with Gasteiger partial charge in [0.25, 0.3) is 0 Å². The van der Waals surface area contributed by atoms with Crippen molar-refractivity contribution in [1.29, 1.82) is 0 Å². The van der Waals surface area contributed by atoms with Gasteiger partial charge in [-0.25, -0.2) is 0 Å². The largest absolute Gasteiger partial charge is 0.481 e. The molecule has 1 amide bonds. The number of halogens is 1. The number of nitrogens with zero attached hydrogens (tertiary/aromatic N) is 1. The SMILES string of the molecule is CC(C)CN1C(=O)CCC(C(=O)O)C1c1cc(Br)cs1. The molecule has 2 rings (SSSR count). The molecular weight excluding hydrogens is 342 g/mol. The number of likely N-dealkylation sites (tertiary alicyclic amines) is 1. The van der Waals surface area contributed by atoms with Crippen LogP contribution in [0.1, 0.15) is 37.6 Å². The van der Waals surface area contributed by atoms with Crippen LogP contribution >= 0.6 is 27.3 Å². The maximum atomic E-state index is 12.2. The van der Waals surface area contributed by atoms with Crippen LogP contribution in [0, 0.1) is 11.8 Å². The summed E-state index contributed by atoms with van der Waals surface area (Å²) in [5.74, 6) is -0.958. The zero-order valence-corrected chi connectivity index (χ0v) is 13.9. The first-order valence-corrected chi connectivity index (χ1v) is 8.33. The minimum Gasteiger partial charge on any atom is -0.481 e. The maximum Gasteiger partial charge on any atom is 0.308 e. The van der Waals surface area contributed by atoms with Gasteiger partial charge in [-0.15, -0.1) is 11.3 Å². The second-order valence-electron chi connectivity index (χ2n) is 5.54. The summed E-state index contributed by atoms with van der Waals surface area (Å²) in [6.07, 6.45) is 0.746. The van der Waals surface area contributed by atoms with Gasteiger partial charge in [-0.05, 0) is 34.3 Å². The molecule has 0 spiro atoms. The van der Waals surface area contributed by atoms with Crippen LogP contribution < -0.4 is 0 Å². The molecule has 0 saturated carbocycles. The molecule has 2 heterocycles. The normalized spacial score (nSPS) is 23.4. The molecule has 1 saturated heterocycles. The Morgan fingerprint density at radius 3 is 2.80 bits per heavy atom. The number of aliphatic carboxylic acids is 1. The zero-order valence-electron chi connectivity index (χ0n) is 11.5. The van der Waals surface area contributed by atoms with E-state index in [4.69, 9.17) is 0 Å². The fourth-order valence-electron chi connectivity index (χ4n) is 2.66. The van der Waals surface area contributed by atoms with Gasteiger partial charge >= 0.3 is 5.97 Å². The van der Waals surface area contributed by atoms with Crippen molar-refractivity contribution < 1.29 is 14.7 Å². The van der Waals surface area contributed by atoms with Crippen molar-refractivity contribution in [2.24, 2.45) is 11.8 Å². The van der Waals surface area contributed by atoms with Gasteiger partial charge in [-0.2, -0.15) is 0 Å². The smallest absolute Gasteiger partial charge is 0.308 e. The molecule has 1 aliphatic heterocycles.